The first-order valence-electron chi connectivity index (χ1n) is 7.72. The summed E-state index contributed by atoms with van der Waals surface area (Å²) in [5.74, 6) is 2.35. The van der Waals surface area contributed by atoms with E-state index in [0.717, 1.165) is 35.9 Å². The fourth-order valence-corrected chi connectivity index (χ4v) is 3.10. The van der Waals surface area contributed by atoms with E-state index in [9.17, 15) is 0 Å². The van der Waals surface area contributed by atoms with Gasteiger partial charge in [0.2, 0.25) is 5.89 Å². The molecule has 0 bridgehead atoms. The Hall–Kier alpha value is -1.69. The molecule has 0 unspecified atom stereocenters. The van der Waals surface area contributed by atoms with Crippen LogP contribution in [-0.4, -0.2) is 28.0 Å². The Morgan fingerprint density at radius 1 is 1.14 bits per heavy atom. The molecule has 6 heteroatoms. The van der Waals surface area contributed by atoms with Gasteiger partial charge in [0.1, 0.15) is 5.76 Å². The van der Waals surface area contributed by atoms with Crippen molar-refractivity contribution in [2.75, 3.05) is 6.61 Å². The van der Waals surface area contributed by atoms with Crippen LogP contribution in [0.15, 0.2) is 9.05 Å². The van der Waals surface area contributed by atoms with Crippen molar-refractivity contribution in [3.63, 3.8) is 0 Å². The molecule has 0 radical (unpaired) electrons. The Labute approximate surface area is 130 Å². The van der Waals surface area contributed by atoms with Crippen molar-refractivity contribution < 1.29 is 13.8 Å². The van der Waals surface area contributed by atoms with Gasteiger partial charge in [-0.15, -0.1) is 0 Å². The first kappa shape index (κ1) is 15.2. The molecule has 120 valence electrons. The molecule has 2 aromatic rings. The quantitative estimate of drug-likeness (QED) is 0.867. The highest BCUT2D eigenvalue weighted by molar-refractivity contribution is 5.24. The highest BCUT2D eigenvalue weighted by atomic mass is 16.5. The maximum Gasteiger partial charge on any atom is 0.231 e. The summed E-state index contributed by atoms with van der Waals surface area (Å²) in [5.41, 5.74) is 1.95. The molecule has 1 aliphatic heterocycles. The summed E-state index contributed by atoms with van der Waals surface area (Å²) in [6, 6.07) is 0. The smallest absolute Gasteiger partial charge is 0.231 e. The zero-order chi connectivity index (χ0) is 15.9. The van der Waals surface area contributed by atoms with Crippen LogP contribution in [0.1, 0.15) is 61.8 Å². The molecular formula is C16H23N3O3. The van der Waals surface area contributed by atoms with Crippen LogP contribution in [0, 0.1) is 19.3 Å². The van der Waals surface area contributed by atoms with Crippen LogP contribution in [-0.2, 0) is 11.2 Å². The Morgan fingerprint density at radius 3 is 2.55 bits per heavy atom. The van der Waals surface area contributed by atoms with E-state index < -0.39 is 0 Å². The second-order valence-electron chi connectivity index (χ2n) is 7.08. The van der Waals surface area contributed by atoms with Crippen molar-refractivity contribution in [2.45, 2.75) is 59.5 Å². The van der Waals surface area contributed by atoms with Gasteiger partial charge in [-0.2, -0.15) is 4.98 Å². The summed E-state index contributed by atoms with van der Waals surface area (Å²) in [6.07, 6.45) is 1.62. The number of aromatic nitrogens is 3. The van der Waals surface area contributed by atoms with E-state index in [1.54, 1.807) is 0 Å². The predicted octanol–water partition coefficient (Wildman–Crippen LogP) is 3.18. The topological polar surface area (TPSA) is 74.2 Å². The number of rotatable bonds is 3. The molecule has 1 aliphatic rings. The lowest BCUT2D eigenvalue weighted by Crippen LogP contribution is -2.30. The van der Waals surface area contributed by atoms with E-state index in [4.69, 9.17) is 13.8 Å². The standard InChI is InChI=1S/C16H23N3O3/c1-9-12(10(2)21-18-9)8-13-17-15(19-22-13)11-6-7-20-14(11)16(3,4)5/h11,14H,6-8H2,1-5H3/t11-,14-/m0/s1. The average Bonchev–Trinajstić information content (AvgIpc) is 3.13. The minimum atomic E-state index is 0.0591. The second-order valence-corrected chi connectivity index (χ2v) is 7.08. The maximum absolute atomic E-state index is 5.89. The number of ether oxygens (including phenoxy) is 1. The highest BCUT2D eigenvalue weighted by Gasteiger charge is 2.40. The van der Waals surface area contributed by atoms with Gasteiger partial charge in [-0.05, 0) is 25.7 Å². The van der Waals surface area contributed by atoms with E-state index in [1.807, 2.05) is 13.8 Å². The molecule has 2 aromatic heterocycles. The van der Waals surface area contributed by atoms with Crippen molar-refractivity contribution in [1.82, 2.24) is 15.3 Å². The summed E-state index contributed by atoms with van der Waals surface area (Å²) in [4.78, 5) is 4.59. The van der Waals surface area contributed by atoms with Gasteiger partial charge in [0.05, 0.1) is 24.1 Å². The van der Waals surface area contributed by atoms with Crippen LogP contribution in [0.5, 0.6) is 0 Å². The first-order chi connectivity index (χ1) is 10.4. The fraction of sp³-hybridized carbons (Fsp3) is 0.688. The van der Waals surface area contributed by atoms with Crippen LogP contribution < -0.4 is 0 Å². The van der Waals surface area contributed by atoms with Gasteiger partial charge in [0, 0.05) is 12.2 Å². The zero-order valence-corrected chi connectivity index (χ0v) is 13.8. The zero-order valence-electron chi connectivity index (χ0n) is 13.8. The SMILES string of the molecule is Cc1noc(C)c1Cc1nc([C@H]2CCO[C@@H]2C(C)(C)C)no1. The van der Waals surface area contributed by atoms with Gasteiger partial charge < -0.3 is 13.8 Å². The Morgan fingerprint density at radius 2 is 1.91 bits per heavy atom. The number of hydrogen-bond donors (Lipinski definition) is 0. The Balaban J connectivity index is 1.79. The first-order valence-corrected chi connectivity index (χ1v) is 7.72. The molecule has 2 atom stereocenters. The van der Waals surface area contributed by atoms with E-state index >= 15 is 0 Å². The van der Waals surface area contributed by atoms with Gasteiger partial charge >= 0.3 is 0 Å². The molecule has 1 fully saturated rings. The van der Waals surface area contributed by atoms with Gasteiger partial charge in [-0.25, -0.2) is 0 Å². The van der Waals surface area contributed by atoms with Gasteiger partial charge in [-0.1, -0.05) is 31.1 Å². The summed E-state index contributed by atoms with van der Waals surface area (Å²) >= 11 is 0. The number of nitrogens with zero attached hydrogens (tertiary/aromatic N) is 3. The molecule has 0 spiro atoms. The van der Waals surface area contributed by atoms with E-state index in [-0.39, 0.29) is 17.4 Å². The second kappa shape index (κ2) is 5.50. The molecule has 0 aliphatic carbocycles. The summed E-state index contributed by atoms with van der Waals surface area (Å²) in [6.45, 7) is 11.1. The lowest BCUT2D eigenvalue weighted by atomic mass is 9.81. The molecule has 1 saturated heterocycles. The third-order valence-electron chi connectivity index (χ3n) is 4.27. The highest BCUT2D eigenvalue weighted by Crippen LogP contribution is 2.39. The van der Waals surface area contributed by atoms with Crippen LogP contribution >= 0.6 is 0 Å². The maximum atomic E-state index is 5.89. The van der Waals surface area contributed by atoms with Gasteiger partial charge in [0.15, 0.2) is 5.82 Å². The molecule has 6 nitrogen and oxygen atoms in total. The van der Waals surface area contributed by atoms with Crippen molar-refractivity contribution in [3.8, 4) is 0 Å². The van der Waals surface area contributed by atoms with Crippen LogP contribution in [0.3, 0.4) is 0 Å². The number of aryl methyl sites for hydroxylation is 2. The molecule has 0 saturated carbocycles. The lowest BCUT2D eigenvalue weighted by Gasteiger charge is -2.29. The third-order valence-corrected chi connectivity index (χ3v) is 4.27. The number of hydrogen-bond acceptors (Lipinski definition) is 6. The molecule has 3 rings (SSSR count). The average molecular weight is 305 g/mol. The van der Waals surface area contributed by atoms with Crippen LogP contribution in [0.4, 0.5) is 0 Å². The Bertz CT molecular complexity index is 634. The minimum Gasteiger partial charge on any atom is -0.377 e. The molecule has 0 amide bonds. The van der Waals surface area contributed by atoms with Crippen molar-refractivity contribution in [2.24, 2.45) is 5.41 Å². The normalized spacial score (nSPS) is 22.4. The molecule has 3 heterocycles. The van der Waals surface area contributed by atoms with E-state index in [0.29, 0.717) is 12.3 Å². The lowest BCUT2D eigenvalue weighted by molar-refractivity contribution is 0.0193. The van der Waals surface area contributed by atoms with Crippen molar-refractivity contribution in [1.29, 1.82) is 0 Å². The summed E-state index contributed by atoms with van der Waals surface area (Å²) in [5, 5.41) is 8.14. The van der Waals surface area contributed by atoms with E-state index in [1.165, 1.54) is 0 Å². The fourth-order valence-electron chi connectivity index (χ4n) is 3.10. The molecule has 22 heavy (non-hydrogen) atoms. The largest absolute Gasteiger partial charge is 0.377 e. The molecule has 0 aromatic carbocycles. The Kier molecular flexibility index (Phi) is 3.80. The summed E-state index contributed by atoms with van der Waals surface area (Å²) in [7, 11) is 0. The molecular weight excluding hydrogens is 282 g/mol. The molecule has 0 N–H and O–H groups in total. The monoisotopic (exact) mass is 305 g/mol. The van der Waals surface area contributed by atoms with Gasteiger partial charge in [0.25, 0.3) is 0 Å². The van der Waals surface area contributed by atoms with Crippen LogP contribution in [0.2, 0.25) is 0 Å². The van der Waals surface area contributed by atoms with Crippen molar-refractivity contribution in [3.05, 3.63) is 28.7 Å². The van der Waals surface area contributed by atoms with Crippen LogP contribution in [0.25, 0.3) is 0 Å². The summed E-state index contributed by atoms with van der Waals surface area (Å²) < 4.78 is 16.5. The third kappa shape index (κ3) is 2.79. The van der Waals surface area contributed by atoms with E-state index in [2.05, 4.69) is 36.1 Å². The van der Waals surface area contributed by atoms with Gasteiger partial charge in [-0.3, -0.25) is 0 Å². The van der Waals surface area contributed by atoms with Crippen molar-refractivity contribution >= 4 is 0 Å². The predicted molar refractivity (Wildman–Crippen MR) is 79.6 cm³/mol. The minimum absolute atomic E-state index is 0.0591.